The third-order valence-corrected chi connectivity index (χ3v) is 4.85. The standard InChI is InChI=1S/C12H20N4O2S/c1-13-12-4-3-11(9-14-12)19(17,18)15-10-5-7-16(2)8-6-10/h3-4,9-10,15H,5-8H2,1-2H3,(H,13,14). The Morgan fingerprint density at radius 2 is 2.00 bits per heavy atom. The number of piperidine rings is 1. The molecule has 19 heavy (non-hydrogen) atoms. The number of likely N-dealkylation sites (tertiary alicyclic amines) is 1. The molecule has 6 nitrogen and oxygen atoms in total. The normalized spacial score (nSPS) is 18.4. The van der Waals surface area contributed by atoms with E-state index in [2.05, 4.69) is 19.9 Å². The Kier molecular flexibility index (Phi) is 4.38. The van der Waals surface area contributed by atoms with Gasteiger partial charge in [-0.05, 0) is 45.1 Å². The zero-order valence-electron chi connectivity index (χ0n) is 11.3. The highest BCUT2D eigenvalue weighted by atomic mass is 32.2. The Bertz CT molecular complexity index is 507. The van der Waals surface area contributed by atoms with Crippen molar-refractivity contribution in [1.82, 2.24) is 14.6 Å². The number of anilines is 1. The molecule has 2 heterocycles. The van der Waals surface area contributed by atoms with E-state index in [9.17, 15) is 8.42 Å². The lowest BCUT2D eigenvalue weighted by molar-refractivity contribution is 0.248. The Morgan fingerprint density at radius 1 is 1.32 bits per heavy atom. The number of hydrogen-bond acceptors (Lipinski definition) is 5. The van der Waals surface area contributed by atoms with Crippen molar-refractivity contribution < 1.29 is 8.42 Å². The van der Waals surface area contributed by atoms with E-state index in [0.717, 1.165) is 25.9 Å². The molecule has 0 unspecified atom stereocenters. The molecule has 0 spiro atoms. The first kappa shape index (κ1) is 14.2. The van der Waals surface area contributed by atoms with Gasteiger partial charge >= 0.3 is 0 Å². The lowest BCUT2D eigenvalue weighted by atomic mass is 10.1. The first-order valence-electron chi connectivity index (χ1n) is 6.36. The SMILES string of the molecule is CNc1ccc(S(=O)(=O)NC2CCN(C)CC2)cn1. The minimum Gasteiger partial charge on any atom is -0.373 e. The summed E-state index contributed by atoms with van der Waals surface area (Å²) < 4.78 is 27.1. The molecule has 1 aliphatic heterocycles. The molecule has 0 aromatic carbocycles. The van der Waals surface area contributed by atoms with Crippen LogP contribution in [0.25, 0.3) is 0 Å². The molecule has 106 valence electrons. The Hall–Kier alpha value is -1.18. The highest BCUT2D eigenvalue weighted by Crippen LogP contribution is 2.14. The summed E-state index contributed by atoms with van der Waals surface area (Å²) in [6.45, 7) is 1.84. The Labute approximate surface area is 114 Å². The third-order valence-electron chi connectivity index (χ3n) is 3.34. The van der Waals surface area contributed by atoms with E-state index in [4.69, 9.17) is 0 Å². The molecular weight excluding hydrogens is 264 g/mol. The van der Waals surface area contributed by atoms with Crippen LogP contribution in [0.2, 0.25) is 0 Å². The summed E-state index contributed by atoms with van der Waals surface area (Å²) in [6, 6.07) is 3.24. The number of hydrogen-bond donors (Lipinski definition) is 2. The van der Waals surface area contributed by atoms with E-state index >= 15 is 0 Å². The van der Waals surface area contributed by atoms with Crippen molar-refractivity contribution in [3.8, 4) is 0 Å². The van der Waals surface area contributed by atoms with Crippen LogP contribution >= 0.6 is 0 Å². The first-order valence-corrected chi connectivity index (χ1v) is 7.84. The van der Waals surface area contributed by atoms with Crippen LogP contribution in [0.5, 0.6) is 0 Å². The largest absolute Gasteiger partial charge is 0.373 e. The van der Waals surface area contributed by atoms with Gasteiger partial charge in [0.2, 0.25) is 10.0 Å². The van der Waals surface area contributed by atoms with Gasteiger partial charge < -0.3 is 10.2 Å². The van der Waals surface area contributed by atoms with Crippen LogP contribution in [-0.2, 0) is 10.0 Å². The summed E-state index contributed by atoms with van der Waals surface area (Å²) in [5.74, 6) is 0.651. The minimum absolute atomic E-state index is 0.0187. The maximum atomic E-state index is 12.2. The quantitative estimate of drug-likeness (QED) is 0.842. The zero-order valence-corrected chi connectivity index (χ0v) is 12.1. The van der Waals surface area contributed by atoms with Crippen LogP contribution in [0.15, 0.2) is 23.2 Å². The Balaban J connectivity index is 2.05. The summed E-state index contributed by atoms with van der Waals surface area (Å²) in [5, 5.41) is 2.86. The van der Waals surface area contributed by atoms with Gasteiger partial charge in [0, 0.05) is 19.3 Å². The van der Waals surface area contributed by atoms with E-state index in [-0.39, 0.29) is 10.9 Å². The molecule has 0 radical (unpaired) electrons. The van der Waals surface area contributed by atoms with Gasteiger partial charge in [-0.1, -0.05) is 0 Å². The average molecular weight is 284 g/mol. The topological polar surface area (TPSA) is 74.3 Å². The maximum Gasteiger partial charge on any atom is 0.242 e. The van der Waals surface area contributed by atoms with Crippen LogP contribution in [-0.4, -0.2) is 51.5 Å². The van der Waals surface area contributed by atoms with Crippen molar-refractivity contribution in [2.75, 3.05) is 32.5 Å². The highest BCUT2D eigenvalue weighted by Gasteiger charge is 2.23. The minimum atomic E-state index is -3.46. The van der Waals surface area contributed by atoms with Crippen molar-refractivity contribution in [2.45, 2.75) is 23.8 Å². The number of sulfonamides is 1. The van der Waals surface area contributed by atoms with Crippen molar-refractivity contribution in [3.05, 3.63) is 18.3 Å². The van der Waals surface area contributed by atoms with Crippen LogP contribution in [0.3, 0.4) is 0 Å². The van der Waals surface area contributed by atoms with Gasteiger partial charge in [-0.3, -0.25) is 0 Å². The molecule has 0 saturated carbocycles. The van der Waals surface area contributed by atoms with E-state index in [0.29, 0.717) is 5.82 Å². The van der Waals surface area contributed by atoms with E-state index in [1.54, 1.807) is 19.2 Å². The number of nitrogens with one attached hydrogen (secondary N) is 2. The molecular formula is C12H20N4O2S. The van der Waals surface area contributed by atoms with Crippen molar-refractivity contribution in [2.24, 2.45) is 0 Å². The average Bonchev–Trinajstić information content (AvgIpc) is 2.41. The first-order chi connectivity index (χ1) is 9.01. The predicted octanol–water partition coefficient (Wildman–Crippen LogP) is 0.496. The van der Waals surface area contributed by atoms with E-state index in [1.165, 1.54) is 6.20 Å². The summed E-state index contributed by atoms with van der Waals surface area (Å²) >= 11 is 0. The molecule has 1 aromatic rings. The summed E-state index contributed by atoms with van der Waals surface area (Å²) in [4.78, 5) is 6.45. The molecule has 1 fully saturated rings. The van der Waals surface area contributed by atoms with Gasteiger partial charge in [-0.15, -0.1) is 0 Å². The number of pyridine rings is 1. The van der Waals surface area contributed by atoms with Gasteiger partial charge in [-0.2, -0.15) is 0 Å². The van der Waals surface area contributed by atoms with Gasteiger partial charge in [0.25, 0.3) is 0 Å². The summed E-state index contributed by atoms with van der Waals surface area (Å²) in [7, 11) is 0.329. The molecule has 7 heteroatoms. The van der Waals surface area contributed by atoms with Crippen molar-refractivity contribution >= 4 is 15.8 Å². The van der Waals surface area contributed by atoms with Gasteiger partial charge in [-0.25, -0.2) is 18.1 Å². The van der Waals surface area contributed by atoms with Crippen molar-refractivity contribution in [3.63, 3.8) is 0 Å². The molecule has 1 aliphatic rings. The van der Waals surface area contributed by atoms with Gasteiger partial charge in [0.1, 0.15) is 10.7 Å². The fourth-order valence-corrected chi connectivity index (χ4v) is 3.35. The summed E-state index contributed by atoms with van der Waals surface area (Å²) in [6.07, 6.45) is 3.07. The number of nitrogens with zero attached hydrogens (tertiary/aromatic N) is 2. The second kappa shape index (κ2) is 5.85. The second-order valence-corrected chi connectivity index (χ2v) is 6.54. The number of aromatic nitrogens is 1. The fourth-order valence-electron chi connectivity index (χ4n) is 2.10. The molecule has 0 bridgehead atoms. The maximum absolute atomic E-state index is 12.2. The predicted molar refractivity (Wildman–Crippen MR) is 74.6 cm³/mol. The molecule has 0 aliphatic carbocycles. The molecule has 1 aromatic heterocycles. The van der Waals surface area contributed by atoms with Crippen molar-refractivity contribution in [1.29, 1.82) is 0 Å². The van der Waals surface area contributed by atoms with Crippen LogP contribution in [0, 0.1) is 0 Å². The third kappa shape index (κ3) is 3.65. The molecule has 2 N–H and O–H groups in total. The fraction of sp³-hybridized carbons (Fsp3) is 0.583. The lowest BCUT2D eigenvalue weighted by Crippen LogP contribution is -2.43. The lowest BCUT2D eigenvalue weighted by Gasteiger charge is -2.29. The molecule has 2 rings (SSSR count). The highest BCUT2D eigenvalue weighted by molar-refractivity contribution is 7.89. The number of rotatable bonds is 4. The second-order valence-electron chi connectivity index (χ2n) is 4.83. The molecule has 0 atom stereocenters. The van der Waals surface area contributed by atoms with Crippen LogP contribution in [0.4, 0.5) is 5.82 Å². The summed E-state index contributed by atoms with van der Waals surface area (Å²) in [5.41, 5.74) is 0. The van der Waals surface area contributed by atoms with E-state index < -0.39 is 10.0 Å². The zero-order chi connectivity index (χ0) is 13.9. The van der Waals surface area contributed by atoms with Crippen LogP contribution in [0.1, 0.15) is 12.8 Å². The smallest absolute Gasteiger partial charge is 0.242 e. The van der Waals surface area contributed by atoms with Crippen LogP contribution < -0.4 is 10.0 Å². The molecule has 0 amide bonds. The monoisotopic (exact) mass is 284 g/mol. The van der Waals surface area contributed by atoms with Gasteiger partial charge in [0.15, 0.2) is 0 Å². The van der Waals surface area contributed by atoms with Gasteiger partial charge in [0.05, 0.1) is 0 Å². The van der Waals surface area contributed by atoms with E-state index in [1.807, 2.05) is 7.05 Å². The Morgan fingerprint density at radius 3 is 2.53 bits per heavy atom. The molecule has 1 saturated heterocycles.